The quantitative estimate of drug-likeness (QED) is 0.868. The summed E-state index contributed by atoms with van der Waals surface area (Å²) in [6, 6.07) is 0.136. The molecule has 0 amide bonds. The number of rotatable bonds is 5. The van der Waals surface area contributed by atoms with Gasteiger partial charge in [0.1, 0.15) is 5.82 Å². The maximum atomic E-state index is 10.7. The number of carbonyl (C=O) groups is 1. The fraction of sp³-hybridized carbons (Fsp3) is 0.429. The number of hydrogen-bond acceptors (Lipinski definition) is 5. The van der Waals surface area contributed by atoms with Crippen LogP contribution in [0.5, 0.6) is 0 Å². The number of aromatic nitrogens is 4. The molecule has 1 unspecified atom stereocenters. The van der Waals surface area contributed by atoms with Gasteiger partial charge in [-0.25, -0.2) is 14.8 Å². The fourth-order valence-corrected chi connectivity index (χ4v) is 2.24. The molecule has 0 fully saturated rings. The van der Waals surface area contributed by atoms with Crippen LogP contribution in [0.2, 0.25) is 0 Å². The second-order valence-corrected chi connectivity index (χ2v) is 5.11. The molecule has 0 bridgehead atoms. The molecule has 2 aromatic heterocycles. The fourth-order valence-electron chi connectivity index (χ4n) is 2.24. The van der Waals surface area contributed by atoms with Crippen LogP contribution in [-0.4, -0.2) is 36.9 Å². The zero-order valence-corrected chi connectivity index (χ0v) is 12.6. The molecule has 0 aromatic carbocycles. The standard InChI is InChI=1S/C14H19N5O2/c1-8(5-11-9(2)18-19(4)10(11)3)17-13-7-15-12(6-16-13)14(20)21/h6-8H,5H2,1-4H3,(H,16,17)(H,20,21). The number of nitrogens with zero attached hydrogens (tertiary/aromatic N) is 4. The van der Waals surface area contributed by atoms with Crippen molar-refractivity contribution in [3.05, 3.63) is 35.0 Å². The summed E-state index contributed by atoms with van der Waals surface area (Å²) >= 11 is 0. The minimum atomic E-state index is -1.08. The lowest BCUT2D eigenvalue weighted by atomic mass is 10.1. The predicted molar refractivity (Wildman–Crippen MR) is 78.5 cm³/mol. The minimum Gasteiger partial charge on any atom is -0.476 e. The molecular weight excluding hydrogens is 270 g/mol. The second-order valence-electron chi connectivity index (χ2n) is 5.11. The van der Waals surface area contributed by atoms with E-state index in [0.29, 0.717) is 5.82 Å². The molecule has 7 nitrogen and oxygen atoms in total. The number of carboxylic acid groups (broad SMARTS) is 1. The Morgan fingerprint density at radius 1 is 1.38 bits per heavy atom. The van der Waals surface area contributed by atoms with Crippen LogP contribution in [0.25, 0.3) is 0 Å². The predicted octanol–water partition coefficient (Wildman–Crippen LogP) is 1.57. The molecule has 0 spiro atoms. The van der Waals surface area contributed by atoms with Crippen molar-refractivity contribution < 1.29 is 9.90 Å². The Kier molecular flexibility index (Phi) is 4.21. The lowest BCUT2D eigenvalue weighted by molar-refractivity contribution is 0.0690. The van der Waals surface area contributed by atoms with Crippen LogP contribution in [0.3, 0.4) is 0 Å². The van der Waals surface area contributed by atoms with E-state index in [0.717, 1.165) is 17.8 Å². The summed E-state index contributed by atoms with van der Waals surface area (Å²) in [5, 5.41) is 16.4. The molecule has 21 heavy (non-hydrogen) atoms. The minimum absolute atomic E-state index is 0.0628. The van der Waals surface area contributed by atoms with Crippen molar-refractivity contribution in [3.8, 4) is 0 Å². The molecule has 2 N–H and O–H groups in total. The number of hydrogen-bond donors (Lipinski definition) is 2. The van der Waals surface area contributed by atoms with Crippen LogP contribution in [-0.2, 0) is 13.5 Å². The van der Waals surface area contributed by atoms with Crippen LogP contribution >= 0.6 is 0 Å². The van der Waals surface area contributed by atoms with E-state index in [1.807, 2.05) is 32.5 Å². The summed E-state index contributed by atoms with van der Waals surface area (Å²) in [5.74, 6) is -0.518. The zero-order chi connectivity index (χ0) is 15.6. The van der Waals surface area contributed by atoms with E-state index in [2.05, 4.69) is 20.4 Å². The normalized spacial score (nSPS) is 12.2. The highest BCUT2D eigenvalue weighted by Gasteiger charge is 2.13. The molecule has 0 aliphatic heterocycles. The van der Waals surface area contributed by atoms with Gasteiger partial charge in [0.25, 0.3) is 0 Å². The van der Waals surface area contributed by atoms with Crippen LogP contribution in [0, 0.1) is 13.8 Å². The third-order valence-electron chi connectivity index (χ3n) is 3.43. The van der Waals surface area contributed by atoms with Crippen molar-refractivity contribution in [2.75, 3.05) is 5.32 Å². The van der Waals surface area contributed by atoms with Crippen molar-refractivity contribution in [1.29, 1.82) is 0 Å². The van der Waals surface area contributed by atoms with Gasteiger partial charge in [-0.05, 0) is 32.8 Å². The van der Waals surface area contributed by atoms with Crippen molar-refractivity contribution >= 4 is 11.8 Å². The highest BCUT2D eigenvalue weighted by molar-refractivity contribution is 5.84. The molecule has 112 valence electrons. The Labute approximate surface area is 123 Å². The summed E-state index contributed by atoms with van der Waals surface area (Å²) in [6.45, 7) is 6.08. The van der Waals surface area contributed by atoms with Crippen molar-refractivity contribution in [2.24, 2.45) is 7.05 Å². The van der Waals surface area contributed by atoms with E-state index in [1.54, 1.807) is 0 Å². The highest BCUT2D eigenvalue weighted by Crippen LogP contribution is 2.15. The van der Waals surface area contributed by atoms with Gasteiger partial charge in [-0.1, -0.05) is 0 Å². The SMILES string of the molecule is Cc1nn(C)c(C)c1CC(C)Nc1cnc(C(=O)O)cn1. The van der Waals surface area contributed by atoms with E-state index in [9.17, 15) is 4.79 Å². The van der Waals surface area contributed by atoms with Gasteiger partial charge in [0.2, 0.25) is 0 Å². The maximum absolute atomic E-state index is 10.7. The monoisotopic (exact) mass is 289 g/mol. The largest absolute Gasteiger partial charge is 0.476 e. The molecule has 7 heteroatoms. The van der Waals surface area contributed by atoms with Gasteiger partial charge < -0.3 is 10.4 Å². The van der Waals surface area contributed by atoms with Crippen molar-refractivity contribution in [3.63, 3.8) is 0 Å². The Morgan fingerprint density at radius 2 is 2.10 bits per heavy atom. The number of nitrogens with one attached hydrogen (secondary N) is 1. The maximum Gasteiger partial charge on any atom is 0.356 e. The number of aryl methyl sites for hydroxylation is 2. The van der Waals surface area contributed by atoms with Gasteiger partial charge in [-0.15, -0.1) is 0 Å². The van der Waals surface area contributed by atoms with Crippen LogP contribution in [0.4, 0.5) is 5.82 Å². The summed E-state index contributed by atoms with van der Waals surface area (Å²) in [4.78, 5) is 18.6. The van der Waals surface area contributed by atoms with E-state index in [-0.39, 0.29) is 11.7 Å². The van der Waals surface area contributed by atoms with Gasteiger partial charge in [0.05, 0.1) is 18.1 Å². The molecule has 0 aliphatic carbocycles. The number of aromatic carboxylic acids is 1. The van der Waals surface area contributed by atoms with E-state index in [1.165, 1.54) is 18.0 Å². The Bertz CT molecular complexity index is 648. The molecule has 0 aliphatic rings. The number of anilines is 1. The third kappa shape index (κ3) is 3.36. The van der Waals surface area contributed by atoms with Crippen LogP contribution in [0.15, 0.2) is 12.4 Å². The van der Waals surface area contributed by atoms with Crippen LogP contribution < -0.4 is 5.32 Å². The number of carboxylic acids is 1. The summed E-state index contributed by atoms with van der Waals surface area (Å²) < 4.78 is 1.87. The average molecular weight is 289 g/mol. The van der Waals surface area contributed by atoms with Gasteiger partial charge in [0.15, 0.2) is 5.69 Å². The van der Waals surface area contributed by atoms with E-state index in [4.69, 9.17) is 5.11 Å². The van der Waals surface area contributed by atoms with Gasteiger partial charge in [-0.3, -0.25) is 4.68 Å². The van der Waals surface area contributed by atoms with E-state index < -0.39 is 5.97 Å². The Hall–Kier alpha value is -2.44. The van der Waals surface area contributed by atoms with Gasteiger partial charge >= 0.3 is 5.97 Å². The molecule has 2 rings (SSSR count). The molecule has 2 heterocycles. The summed E-state index contributed by atoms with van der Waals surface area (Å²) in [5.41, 5.74) is 3.32. The average Bonchev–Trinajstić information content (AvgIpc) is 2.66. The molecule has 2 aromatic rings. The first-order chi connectivity index (χ1) is 9.88. The Morgan fingerprint density at radius 3 is 2.57 bits per heavy atom. The molecule has 0 saturated heterocycles. The first-order valence-corrected chi connectivity index (χ1v) is 6.69. The van der Waals surface area contributed by atoms with Crippen molar-refractivity contribution in [1.82, 2.24) is 19.7 Å². The third-order valence-corrected chi connectivity index (χ3v) is 3.43. The van der Waals surface area contributed by atoms with Crippen molar-refractivity contribution in [2.45, 2.75) is 33.2 Å². The lowest BCUT2D eigenvalue weighted by Gasteiger charge is -2.14. The molecule has 1 atom stereocenters. The lowest BCUT2D eigenvalue weighted by Crippen LogP contribution is -2.20. The molecule has 0 saturated carbocycles. The zero-order valence-electron chi connectivity index (χ0n) is 12.6. The molecule has 0 radical (unpaired) electrons. The van der Waals surface area contributed by atoms with E-state index >= 15 is 0 Å². The second kappa shape index (κ2) is 5.90. The highest BCUT2D eigenvalue weighted by atomic mass is 16.4. The van der Waals surface area contributed by atoms with Gasteiger partial charge in [0, 0.05) is 18.8 Å². The Balaban J connectivity index is 2.04. The summed E-state index contributed by atoms with van der Waals surface area (Å²) in [7, 11) is 1.93. The van der Waals surface area contributed by atoms with Crippen LogP contribution in [0.1, 0.15) is 34.4 Å². The summed E-state index contributed by atoms with van der Waals surface area (Å²) in [6.07, 6.45) is 3.49. The first-order valence-electron chi connectivity index (χ1n) is 6.69. The topological polar surface area (TPSA) is 92.9 Å². The smallest absolute Gasteiger partial charge is 0.356 e. The van der Waals surface area contributed by atoms with Gasteiger partial charge in [-0.2, -0.15) is 5.10 Å². The molecular formula is C14H19N5O2. The first kappa shape index (κ1) is 15.0.